The van der Waals surface area contributed by atoms with E-state index in [9.17, 15) is 4.79 Å². The first-order valence-electron chi connectivity index (χ1n) is 10.4. The van der Waals surface area contributed by atoms with Gasteiger partial charge in [0.15, 0.2) is 0 Å². The van der Waals surface area contributed by atoms with Gasteiger partial charge in [-0.3, -0.25) is 9.79 Å². The lowest BCUT2D eigenvalue weighted by Gasteiger charge is -2.14. The zero-order valence-electron chi connectivity index (χ0n) is 17.4. The van der Waals surface area contributed by atoms with Crippen LogP contribution >= 0.6 is 0 Å². The van der Waals surface area contributed by atoms with E-state index >= 15 is 0 Å². The van der Waals surface area contributed by atoms with Gasteiger partial charge in [-0.15, -0.1) is 0 Å². The van der Waals surface area contributed by atoms with Gasteiger partial charge in [0.25, 0.3) is 0 Å². The highest BCUT2D eigenvalue weighted by molar-refractivity contribution is 5.92. The number of aliphatic imine (C=N–C) groups is 1. The second-order valence-corrected chi connectivity index (χ2v) is 7.32. The monoisotopic (exact) mass is 414 g/mol. The molecule has 1 saturated heterocycles. The maximum Gasteiger partial charge on any atom is 0.245 e. The quantitative estimate of drug-likeness (QED) is 0.756. The number of allylic oxidation sites excluding steroid dienone is 1. The Kier molecular flexibility index (Phi) is 6.47. The Morgan fingerprint density at radius 2 is 1.74 bits per heavy atom. The summed E-state index contributed by atoms with van der Waals surface area (Å²) in [5, 5.41) is 3.41. The molecule has 0 unspecified atom stereocenters. The summed E-state index contributed by atoms with van der Waals surface area (Å²) in [4.78, 5) is 19.0. The van der Waals surface area contributed by atoms with E-state index in [-0.39, 0.29) is 5.91 Å². The van der Waals surface area contributed by atoms with Crippen LogP contribution < -0.4 is 10.1 Å². The fourth-order valence-electron chi connectivity index (χ4n) is 3.62. The van der Waals surface area contributed by atoms with Crippen molar-refractivity contribution in [1.82, 2.24) is 15.1 Å². The summed E-state index contributed by atoms with van der Waals surface area (Å²) in [6, 6.07) is 17.9. The van der Waals surface area contributed by atoms with E-state index in [0.29, 0.717) is 0 Å². The van der Waals surface area contributed by atoms with E-state index in [1.807, 2.05) is 59.8 Å². The van der Waals surface area contributed by atoms with Crippen LogP contribution in [0, 0.1) is 0 Å². The van der Waals surface area contributed by atoms with Crippen molar-refractivity contribution in [2.24, 2.45) is 4.99 Å². The molecule has 0 saturated carbocycles. The first-order chi connectivity index (χ1) is 15.2. The van der Waals surface area contributed by atoms with Gasteiger partial charge in [0.2, 0.25) is 5.91 Å². The molecule has 3 heterocycles. The Labute approximate surface area is 182 Å². The molecule has 0 radical (unpaired) electrons. The fraction of sp³-hybridized carbons (Fsp3) is 0.200. The second kappa shape index (κ2) is 9.80. The predicted octanol–water partition coefficient (Wildman–Crippen LogP) is 4.36. The third kappa shape index (κ3) is 5.04. The molecular formula is C25H26N4O2. The third-order valence-electron chi connectivity index (χ3n) is 5.24. The van der Waals surface area contributed by atoms with Crippen molar-refractivity contribution in [3.8, 4) is 11.5 Å². The summed E-state index contributed by atoms with van der Waals surface area (Å²) in [5.41, 5.74) is 3.32. The highest BCUT2D eigenvalue weighted by atomic mass is 16.5. The molecule has 31 heavy (non-hydrogen) atoms. The van der Waals surface area contributed by atoms with Gasteiger partial charge in [0.05, 0.1) is 24.3 Å². The Bertz CT molecular complexity index is 1000. The third-order valence-corrected chi connectivity index (χ3v) is 5.24. The smallest absolute Gasteiger partial charge is 0.245 e. The Balaban J connectivity index is 0.000000217. The highest BCUT2D eigenvalue weighted by Crippen LogP contribution is 2.27. The minimum Gasteiger partial charge on any atom is -0.457 e. The second-order valence-electron chi connectivity index (χ2n) is 7.32. The van der Waals surface area contributed by atoms with Crippen molar-refractivity contribution in [3.63, 3.8) is 0 Å². The fourth-order valence-corrected chi connectivity index (χ4v) is 3.62. The molecule has 0 spiro atoms. The number of nitrogens with zero attached hydrogens (tertiary/aromatic N) is 3. The van der Waals surface area contributed by atoms with E-state index in [1.165, 1.54) is 6.08 Å². The molecule has 2 aromatic carbocycles. The standard InChI is InChI=1S/C18H15N3O.C7H11NO/c1-2-4-15(5-3-1)22-16-8-6-14(7-9-16)18-17-12-19-10-11-21(17)13-20-18;1-2-7(9)8-5-3-4-6-8/h1-12,20H,13H2;2H,1,3-6H2. The number of hydrogen-bond acceptors (Lipinski definition) is 5. The van der Waals surface area contributed by atoms with Crippen molar-refractivity contribution in [1.29, 1.82) is 0 Å². The van der Waals surface area contributed by atoms with Crippen LogP contribution in [0.5, 0.6) is 11.5 Å². The molecule has 1 amide bonds. The molecule has 0 atom stereocenters. The average molecular weight is 415 g/mol. The molecule has 6 nitrogen and oxygen atoms in total. The summed E-state index contributed by atoms with van der Waals surface area (Å²) in [5.74, 6) is 1.74. The van der Waals surface area contributed by atoms with E-state index in [4.69, 9.17) is 4.74 Å². The molecule has 3 aliphatic rings. The lowest BCUT2D eigenvalue weighted by atomic mass is 10.1. The molecule has 0 bridgehead atoms. The Morgan fingerprint density at radius 1 is 1.03 bits per heavy atom. The molecule has 0 aromatic heterocycles. The molecule has 3 aliphatic heterocycles. The van der Waals surface area contributed by atoms with Gasteiger partial charge >= 0.3 is 0 Å². The summed E-state index contributed by atoms with van der Waals surface area (Å²) in [6.45, 7) is 6.03. The zero-order valence-corrected chi connectivity index (χ0v) is 17.4. The number of ether oxygens (including phenoxy) is 1. The summed E-state index contributed by atoms with van der Waals surface area (Å²) >= 11 is 0. The summed E-state index contributed by atoms with van der Waals surface area (Å²) < 4.78 is 5.82. The number of hydrogen-bond donors (Lipinski definition) is 1. The summed E-state index contributed by atoms with van der Waals surface area (Å²) in [6.07, 6.45) is 9.33. The van der Waals surface area contributed by atoms with Crippen molar-refractivity contribution < 1.29 is 9.53 Å². The number of carbonyl (C=O) groups is 1. The first-order valence-corrected chi connectivity index (χ1v) is 10.4. The number of likely N-dealkylation sites (tertiary alicyclic amines) is 1. The zero-order chi connectivity index (χ0) is 21.5. The van der Waals surface area contributed by atoms with Gasteiger partial charge in [-0.05, 0) is 55.3 Å². The van der Waals surface area contributed by atoms with E-state index in [0.717, 1.165) is 61.1 Å². The molecular weight excluding hydrogens is 388 g/mol. The average Bonchev–Trinajstić information content (AvgIpc) is 3.51. The van der Waals surface area contributed by atoms with Gasteiger partial charge in [0, 0.05) is 31.1 Å². The lowest BCUT2D eigenvalue weighted by Crippen LogP contribution is -2.25. The van der Waals surface area contributed by atoms with Crippen LogP contribution in [-0.2, 0) is 4.79 Å². The van der Waals surface area contributed by atoms with Gasteiger partial charge in [0.1, 0.15) is 11.5 Å². The van der Waals surface area contributed by atoms with Crippen LogP contribution in [0.1, 0.15) is 18.4 Å². The first kappa shape index (κ1) is 20.5. The molecule has 158 valence electrons. The van der Waals surface area contributed by atoms with Crippen LogP contribution in [0.3, 0.4) is 0 Å². The van der Waals surface area contributed by atoms with Crippen LogP contribution in [-0.4, -0.2) is 41.7 Å². The lowest BCUT2D eigenvalue weighted by molar-refractivity contribution is -0.124. The highest BCUT2D eigenvalue weighted by Gasteiger charge is 2.21. The van der Waals surface area contributed by atoms with Gasteiger partial charge in [-0.2, -0.15) is 0 Å². The van der Waals surface area contributed by atoms with E-state index < -0.39 is 0 Å². The van der Waals surface area contributed by atoms with Gasteiger partial charge in [-0.1, -0.05) is 24.8 Å². The number of amides is 1. The SMILES string of the molecule is C1=CN2CNC(c3ccc(Oc4ccccc4)cc3)=C2C=N1.C=CC(=O)N1CCCC1. The number of carbonyl (C=O) groups excluding carboxylic acids is 1. The number of nitrogens with one attached hydrogen (secondary N) is 1. The number of rotatable bonds is 4. The van der Waals surface area contributed by atoms with Crippen LogP contribution in [0.15, 0.2) is 90.3 Å². The number of para-hydroxylation sites is 1. The molecule has 1 N–H and O–H groups in total. The van der Waals surface area contributed by atoms with Gasteiger partial charge < -0.3 is 19.9 Å². The Hall–Kier alpha value is -3.80. The largest absolute Gasteiger partial charge is 0.457 e. The summed E-state index contributed by atoms with van der Waals surface area (Å²) in [7, 11) is 0. The predicted molar refractivity (Wildman–Crippen MR) is 123 cm³/mol. The number of benzene rings is 2. The number of fused-ring (bicyclic) bond motifs is 1. The topological polar surface area (TPSA) is 57.2 Å². The van der Waals surface area contributed by atoms with Gasteiger partial charge in [-0.25, -0.2) is 0 Å². The molecule has 6 heteroatoms. The minimum atomic E-state index is 0.0764. The normalized spacial score (nSPS) is 16.4. The maximum absolute atomic E-state index is 10.8. The minimum absolute atomic E-state index is 0.0764. The molecule has 5 rings (SSSR count). The van der Waals surface area contributed by atoms with Crippen molar-refractivity contribution >= 4 is 17.8 Å². The van der Waals surface area contributed by atoms with E-state index in [1.54, 1.807) is 6.20 Å². The molecule has 0 aliphatic carbocycles. The van der Waals surface area contributed by atoms with Crippen LogP contribution in [0.4, 0.5) is 0 Å². The van der Waals surface area contributed by atoms with Crippen molar-refractivity contribution in [3.05, 3.63) is 90.9 Å². The van der Waals surface area contributed by atoms with Crippen molar-refractivity contribution in [2.45, 2.75) is 12.8 Å². The van der Waals surface area contributed by atoms with Crippen LogP contribution in [0.2, 0.25) is 0 Å². The molecule has 1 fully saturated rings. The van der Waals surface area contributed by atoms with Crippen LogP contribution in [0.25, 0.3) is 5.70 Å². The van der Waals surface area contributed by atoms with Crippen molar-refractivity contribution in [2.75, 3.05) is 19.8 Å². The Morgan fingerprint density at radius 3 is 2.45 bits per heavy atom. The maximum atomic E-state index is 10.8. The molecule has 2 aromatic rings. The van der Waals surface area contributed by atoms with E-state index in [2.05, 4.69) is 33.9 Å².